The molecule has 0 saturated carbocycles. The van der Waals surface area contributed by atoms with Gasteiger partial charge in [-0.1, -0.05) is 206 Å². The molecule has 0 N–H and O–H groups in total. The maximum atomic E-state index is 2.47. The first kappa shape index (κ1) is 35.9. The Labute approximate surface area is 362 Å². The average Bonchev–Trinajstić information content (AvgIpc) is 3.65. The average molecular weight is 788 g/mol. The lowest BCUT2D eigenvalue weighted by molar-refractivity contribution is 0.768. The predicted molar refractivity (Wildman–Crippen MR) is 262 cm³/mol. The third-order valence-electron chi connectivity index (χ3n) is 13.1. The van der Waals surface area contributed by atoms with Crippen LogP contribution in [0.25, 0.3) is 65.7 Å². The molecule has 0 radical (unpaired) electrons. The summed E-state index contributed by atoms with van der Waals surface area (Å²) in [7, 11) is 0. The van der Waals surface area contributed by atoms with Crippen molar-refractivity contribution in [2.24, 2.45) is 0 Å². The highest BCUT2D eigenvalue weighted by molar-refractivity contribution is 6.25. The summed E-state index contributed by atoms with van der Waals surface area (Å²) in [6.07, 6.45) is 0. The minimum atomic E-state index is -0.512. The number of hydrogen-bond acceptors (Lipinski definition) is 1. The van der Waals surface area contributed by atoms with E-state index in [-0.39, 0.29) is 0 Å². The van der Waals surface area contributed by atoms with Gasteiger partial charge in [0.1, 0.15) is 0 Å². The number of nitrogens with zero attached hydrogens (tertiary/aromatic N) is 1. The molecule has 11 aromatic carbocycles. The molecule has 0 saturated heterocycles. The van der Waals surface area contributed by atoms with Crippen LogP contribution in [0.4, 0.5) is 17.1 Å². The van der Waals surface area contributed by atoms with Crippen LogP contribution < -0.4 is 4.90 Å². The van der Waals surface area contributed by atoms with Crippen molar-refractivity contribution >= 4 is 49.4 Å². The highest BCUT2D eigenvalue weighted by atomic mass is 15.1. The van der Waals surface area contributed by atoms with Crippen molar-refractivity contribution in [3.05, 3.63) is 271 Å². The van der Waals surface area contributed by atoms with Gasteiger partial charge >= 0.3 is 0 Å². The number of rotatable bonds is 7. The monoisotopic (exact) mass is 787 g/mol. The summed E-state index contributed by atoms with van der Waals surface area (Å²) in [5.74, 6) is 0. The minimum absolute atomic E-state index is 0.512. The molecule has 62 heavy (non-hydrogen) atoms. The number of benzene rings is 11. The van der Waals surface area contributed by atoms with E-state index in [0.29, 0.717) is 0 Å². The molecular weight excluding hydrogens is 747 g/mol. The van der Waals surface area contributed by atoms with E-state index in [2.05, 4.69) is 254 Å². The number of hydrogen-bond donors (Lipinski definition) is 0. The van der Waals surface area contributed by atoms with E-state index in [9.17, 15) is 0 Å². The maximum Gasteiger partial charge on any atom is 0.0714 e. The van der Waals surface area contributed by atoms with Crippen LogP contribution in [-0.4, -0.2) is 0 Å². The highest BCUT2D eigenvalue weighted by Crippen LogP contribution is 2.57. The summed E-state index contributed by atoms with van der Waals surface area (Å²) < 4.78 is 0. The van der Waals surface area contributed by atoms with Gasteiger partial charge in [0.05, 0.1) is 5.41 Å². The lowest BCUT2D eigenvalue weighted by Crippen LogP contribution is -2.28. The van der Waals surface area contributed by atoms with Gasteiger partial charge in [0, 0.05) is 17.1 Å². The molecule has 0 atom stereocenters. The van der Waals surface area contributed by atoms with Crippen molar-refractivity contribution in [2.75, 3.05) is 4.90 Å². The molecule has 0 bridgehead atoms. The first-order valence-electron chi connectivity index (χ1n) is 21.5. The largest absolute Gasteiger partial charge is 0.310 e. The first-order valence-corrected chi connectivity index (χ1v) is 21.5. The van der Waals surface area contributed by atoms with E-state index in [1.165, 1.54) is 88.0 Å². The van der Waals surface area contributed by atoms with Crippen molar-refractivity contribution in [3.8, 4) is 33.4 Å². The van der Waals surface area contributed by atoms with Crippen LogP contribution in [0.1, 0.15) is 22.3 Å². The van der Waals surface area contributed by atoms with E-state index in [1.54, 1.807) is 0 Å². The van der Waals surface area contributed by atoms with Gasteiger partial charge < -0.3 is 4.90 Å². The molecular formula is C61H41N. The lowest BCUT2D eigenvalue weighted by atomic mass is 9.67. The van der Waals surface area contributed by atoms with E-state index >= 15 is 0 Å². The van der Waals surface area contributed by atoms with Gasteiger partial charge in [0.2, 0.25) is 0 Å². The summed E-state index contributed by atoms with van der Waals surface area (Å²) >= 11 is 0. The minimum Gasteiger partial charge on any atom is -0.310 e. The third kappa shape index (κ3) is 5.63. The second-order valence-corrected chi connectivity index (χ2v) is 16.4. The molecule has 1 nitrogen and oxygen atoms in total. The number of fused-ring (bicyclic) bond motifs is 9. The summed E-state index contributed by atoms with van der Waals surface area (Å²) in [6.45, 7) is 0. The molecule has 0 aromatic heterocycles. The Morgan fingerprint density at radius 1 is 0.242 bits per heavy atom. The Balaban J connectivity index is 1.09. The molecule has 0 spiro atoms. The molecule has 1 aliphatic carbocycles. The van der Waals surface area contributed by atoms with Crippen molar-refractivity contribution in [1.82, 2.24) is 0 Å². The standard InChI is InChI=1S/C61H41N/c1-4-17-42(18-5-1)44-19-16-20-45(39-44)43-31-33-48(34-32-43)62(49-35-37-55-53-27-11-10-25-51(53)52-26-12-13-28-54(52)58(55)40-49)50-36-38-57-56-29-14-15-30-59(56)61(60(57)41-50,46-21-6-2-7-22-46)47-23-8-3-9-24-47/h1-41H. The molecule has 0 unspecified atom stereocenters. The van der Waals surface area contributed by atoms with Gasteiger partial charge in [-0.25, -0.2) is 0 Å². The van der Waals surface area contributed by atoms with E-state index in [0.717, 1.165) is 17.1 Å². The summed E-state index contributed by atoms with van der Waals surface area (Å²) in [5, 5.41) is 7.58. The summed E-state index contributed by atoms with van der Waals surface area (Å²) in [5.41, 5.74) is 15.2. The van der Waals surface area contributed by atoms with Crippen molar-refractivity contribution < 1.29 is 0 Å². The zero-order chi connectivity index (χ0) is 41.0. The van der Waals surface area contributed by atoms with Gasteiger partial charge in [0.15, 0.2) is 0 Å². The Bertz CT molecular complexity index is 3370. The van der Waals surface area contributed by atoms with E-state index in [4.69, 9.17) is 0 Å². The normalized spacial score (nSPS) is 12.6. The molecule has 0 fully saturated rings. The van der Waals surface area contributed by atoms with Crippen LogP contribution in [0.5, 0.6) is 0 Å². The Kier molecular flexibility index (Phi) is 8.47. The Morgan fingerprint density at radius 2 is 0.677 bits per heavy atom. The summed E-state index contributed by atoms with van der Waals surface area (Å²) in [4.78, 5) is 2.46. The van der Waals surface area contributed by atoms with Gasteiger partial charge in [0.25, 0.3) is 0 Å². The van der Waals surface area contributed by atoms with Crippen LogP contribution >= 0.6 is 0 Å². The molecule has 11 aromatic rings. The SMILES string of the molecule is c1ccc(-c2cccc(-c3ccc(N(c4ccc5c(c4)C(c4ccccc4)(c4ccccc4)c4ccccc4-5)c4ccc5c6ccccc6c6ccccc6c5c4)cc3)c2)cc1. The van der Waals surface area contributed by atoms with Gasteiger partial charge in [-0.15, -0.1) is 0 Å². The summed E-state index contributed by atoms with van der Waals surface area (Å²) in [6, 6.07) is 91.6. The smallest absolute Gasteiger partial charge is 0.0714 e. The fraction of sp³-hybridized carbons (Fsp3) is 0.0164. The molecule has 1 aliphatic rings. The number of anilines is 3. The zero-order valence-corrected chi connectivity index (χ0v) is 34.1. The van der Waals surface area contributed by atoms with Crippen molar-refractivity contribution in [2.45, 2.75) is 5.41 Å². The Morgan fingerprint density at radius 3 is 1.31 bits per heavy atom. The topological polar surface area (TPSA) is 3.24 Å². The van der Waals surface area contributed by atoms with Crippen molar-refractivity contribution in [1.29, 1.82) is 0 Å². The van der Waals surface area contributed by atoms with Crippen molar-refractivity contribution in [3.63, 3.8) is 0 Å². The fourth-order valence-electron chi connectivity index (χ4n) is 10.4. The van der Waals surface area contributed by atoms with Crippen LogP contribution in [0, 0.1) is 0 Å². The second-order valence-electron chi connectivity index (χ2n) is 16.4. The van der Waals surface area contributed by atoms with Crippen LogP contribution in [0.3, 0.4) is 0 Å². The quantitative estimate of drug-likeness (QED) is 0.145. The molecule has 0 aliphatic heterocycles. The molecule has 290 valence electrons. The first-order chi connectivity index (χ1) is 30.8. The highest BCUT2D eigenvalue weighted by Gasteiger charge is 2.46. The molecule has 0 amide bonds. The maximum absolute atomic E-state index is 2.47. The van der Waals surface area contributed by atoms with Gasteiger partial charge in [-0.05, 0) is 130 Å². The van der Waals surface area contributed by atoms with Crippen LogP contribution in [0.2, 0.25) is 0 Å². The Hall–Kier alpha value is -8.00. The lowest BCUT2D eigenvalue weighted by Gasteiger charge is -2.35. The second kappa shape index (κ2) is 14.6. The van der Waals surface area contributed by atoms with E-state index < -0.39 is 5.41 Å². The molecule has 1 heteroatoms. The van der Waals surface area contributed by atoms with Gasteiger partial charge in [-0.3, -0.25) is 0 Å². The third-order valence-corrected chi connectivity index (χ3v) is 13.1. The predicted octanol–water partition coefficient (Wildman–Crippen LogP) is 16.3. The molecule has 12 rings (SSSR count). The van der Waals surface area contributed by atoms with Crippen LogP contribution in [-0.2, 0) is 5.41 Å². The zero-order valence-electron chi connectivity index (χ0n) is 34.1. The van der Waals surface area contributed by atoms with Gasteiger partial charge in [-0.2, -0.15) is 0 Å². The molecule has 0 heterocycles. The van der Waals surface area contributed by atoms with E-state index in [1.807, 2.05) is 0 Å². The van der Waals surface area contributed by atoms with Crippen LogP contribution in [0.15, 0.2) is 249 Å². The fourth-order valence-corrected chi connectivity index (χ4v) is 10.4.